The minimum Gasteiger partial charge on any atom is -0.392 e. The van der Waals surface area contributed by atoms with Crippen molar-refractivity contribution in [3.05, 3.63) is 36.0 Å². The van der Waals surface area contributed by atoms with Gasteiger partial charge in [-0.15, -0.1) is 0 Å². The highest BCUT2D eigenvalue weighted by Crippen LogP contribution is 2.51. The molecule has 1 aromatic heterocycles. The number of fused-ring (bicyclic) bond motifs is 1. The smallest absolute Gasteiger partial charge is 0.254 e. The molecule has 0 bridgehead atoms. The van der Waals surface area contributed by atoms with Crippen LogP contribution in [0.4, 0.5) is 0 Å². The van der Waals surface area contributed by atoms with Gasteiger partial charge in [0, 0.05) is 54.2 Å². The molecular formula is C19H24N2O3. The Bertz CT molecular complexity index is 744. The Morgan fingerprint density at radius 1 is 1.38 bits per heavy atom. The molecule has 1 saturated carbocycles. The lowest BCUT2D eigenvalue weighted by Crippen LogP contribution is -2.62. The summed E-state index contributed by atoms with van der Waals surface area (Å²) in [5.74, 6) is 0.0804. The highest BCUT2D eigenvalue weighted by atomic mass is 16.5. The SMILES string of the molecule is CCOC1CC(O)C12CCN(C(=O)c1cccc3[nH]ccc13)CC2. The normalized spacial score (nSPS) is 25.8. The van der Waals surface area contributed by atoms with Crippen molar-refractivity contribution < 1.29 is 14.6 Å². The molecule has 2 unspecified atom stereocenters. The van der Waals surface area contributed by atoms with Crippen LogP contribution in [0, 0.1) is 5.41 Å². The molecule has 4 rings (SSSR count). The molecule has 1 spiro atoms. The summed E-state index contributed by atoms with van der Waals surface area (Å²) < 4.78 is 5.80. The van der Waals surface area contributed by atoms with E-state index in [4.69, 9.17) is 4.74 Å². The number of hydrogen-bond acceptors (Lipinski definition) is 3. The molecule has 0 radical (unpaired) electrons. The van der Waals surface area contributed by atoms with Crippen molar-refractivity contribution >= 4 is 16.8 Å². The Hall–Kier alpha value is -1.85. The number of hydrogen-bond donors (Lipinski definition) is 2. The molecule has 2 aliphatic rings. The van der Waals surface area contributed by atoms with Gasteiger partial charge in [0.25, 0.3) is 5.91 Å². The predicted molar refractivity (Wildman–Crippen MR) is 91.9 cm³/mol. The highest BCUT2D eigenvalue weighted by molar-refractivity contribution is 6.06. The number of piperidine rings is 1. The van der Waals surface area contributed by atoms with E-state index in [2.05, 4.69) is 4.98 Å². The van der Waals surface area contributed by atoms with E-state index in [9.17, 15) is 9.90 Å². The zero-order valence-electron chi connectivity index (χ0n) is 14.0. The Morgan fingerprint density at radius 2 is 2.17 bits per heavy atom. The second-order valence-corrected chi connectivity index (χ2v) is 6.97. The van der Waals surface area contributed by atoms with E-state index in [1.165, 1.54) is 0 Å². The molecule has 1 aliphatic heterocycles. The maximum absolute atomic E-state index is 12.9. The van der Waals surface area contributed by atoms with E-state index in [0.29, 0.717) is 19.7 Å². The fourth-order valence-electron chi connectivity index (χ4n) is 4.39. The first-order chi connectivity index (χ1) is 11.7. The van der Waals surface area contributed by atoms with Crippen molar-refractivity contribution in [1.82, 2.24) is 9.88 Å². The van der Waals surface area contributed by atoms with Gasteiger partial charge in [-0.2, -0.15) is 0 Å². The van der Waals surface area contributed by atoms with Crippen LogP contribution in [-0.4, -0.2) is 52.8 Å². The average molecular weight is 328 g/mol. The van der Waals surface area contributed by atoms with Crippen LogP contribution in [0.15, 0.2) is 30.5 Å². The molecular weight excluding hydrogens is 304 g/mol. The number of amides is 1. The number of aromatic nitrogens is 1. The topological polar surface area (TPSA) is 65.6 Å². The van der Waals surface area contributed by atoms with Crippen molar-refractivity contribution in [1.29, 1.82) is 0 Å². The van der Waals surface area contributed by atoms with Gasteiger partial charge in [0.15, 0.2) is 0 Å². The number of ether oxygens (including phenoxy) is 1. The predicted octanol–water partition coefficient (Wildman–Crippen LogP) is 2.56. The van der Waals surface area contributed by atoms with Crippen molar-refractivity contribution in [2.75, 3.05) is 19.7 Å². The van der Waals surface area contributed by atoms with Crippen molar-refractivity contribution in [3.63, 3.8) is 0 Å². The fourth-order valence-corrected chi connectivity index (χ4v) is 4.39. The van der Waals surface area contributed by atoms with Crippen LogP contribution in [0.5, 0.6) is 0 Å². The highest BCUT2D eigenvalue weighted by Gasteiger charge is 2.56. The molecule has 2 atom stereocenters. The minimum absolute atomic E-state index is 0.0804. The molecule has 5 nitrogen and oxygen atoms in total. The number of rotatable bonds is 3. The van der Waals surface area contributed by atoms with E-state index in [1.807, 2.05) is 42.3 Å². The summed E-state index contributed by atoms with van der Waals surface area (Å²) in [4.78, 5) is 18.0. The van der Waals surface area contributed by atoms with E-state index in [0.717, 1.165) is 35.7 Å². The largest absolute Gasteiger partial charge is 0.392 e. The molecule has 2 aromatic rings. The van der Waals surface area contributed by atoms with Crippen molar-refractivity contribution in [2.24, 2.45) is 5.41 Å². The van der Waals surface area contributed by atoms with E-state index < -0.39 is 0 Å². The van der Waals surface area contributed by atoms with Crippen LogP contribution < -0.4 is 0 Å². The van der Waals surface area contributed by atoms with Crippen LogP contribution in [0.3, 0.4) is 0 Å². The Morgan fingerprint density at radius 3 is 2.88 bits per heavy atom. The van der Waals surface area contributed by atoms with Gasteiger partial charge >= 0.3 is 0 Å². The molecule has 1 saturated heterocycles. The van der Waals surface area contributed by atoms with E-state index in [1.54, 1.807) is 0 Å². The maximum atomic E-state index is 12.9. The lowest BCUT2D eigenvalue weighted by atomic mass is 9.58. The number of aliphatic hydroxyl groups excluding tert-OH is 1. The van der Waals surface area contributed by atoms with Crippen LogP contribution in [0.25, 0.3) is 10.9 Å². The van der Waals surface area contributed by atoms with Gasteiger partial charge in [-0.3, -0.25) is 4.79 Å². The molecule has 1 amide bonds. The van der Waals surface area contributed by atoms with Gasteiger partial charge in [-0.05, 0) is 38.0 Å². The zero-order valence-corrected chi connectivity index (χ0v) is 14.0. The van der Waals surface area contributed by atoms with Gasteiger partial charge in [-0.1, -0.05) is 6.07 Å². The summed E-state index contributed by atoms with van der Waals surface area (Å²) in [6.45, 7) is 4.03. The van der Waals surface area contributed by atoms with Gasteiger partial charge in [-0.25, -0.2) is 0 Å². The van der Waals surface area contributed by atoms with Crippen LogP contribution in [0.1, 0.15) is 36.5 Å². The van der Waals surface area contributed by atoms with Crippen molar-refractivity contribution in [3.8, 4) is 0 Å². The third-order valence-electron chi connectivity index (χ3n) is 5.92. The summed E-state index contributed by atoms with van der Waals surface area (Å²) in [5, 5.41) is 11.3. The number of benzene rings is 1. The summed E-state index contributed by atoms with van der Waals surface area (Å²) in [7, 11) is 0. The summed E-state index contributed by atoms with van der Waals surface area (Å²) in [6.07, 6.45) is 4.07. The molecule has 128 valence electrons. The Balaban J connectivity index is 1.50. The van der Waals surface area contributed by atoms with Crippen LogP contribution >= 0.6 is 0 Å². The number of aromatic amines is 1. The molecule has 1 aromatic carbocycles. The van der Waals surface area contributed by atoms with E-state index >= 15 is 0 Å². The first-order valence-electron chi connectivity index (χ1n) is 8.81. The first-order valence-corrected chi connectivity index (χ1v) is 8.81. The average Bonchev–Trinajstić information content (AvgIpc) is 3.10. The number of nitrogens with one attached hydrogen (secondary N) is 1. The Labute approximate surface area is 141 Å². The summed E-state index contributed by atoms with van der Waals surface area (Å²) in [6, 6.07) is 7.74. The molecule has 2 N–H and O–H groups in total. The third kappa shape index (κ3) is 2.26. The number of carbonyl (C=O) groups excluding carboxylic acids is 1. The van der Waals surface area contributed by atoms with Gasteiger partial charge in [0.2, 0.25) is 0 Å². The molecule has 2 heterocycles. The molecule has 5 heteroatoms. The number of aliphatic hydroxyl groups is 1. The summed E-state index contributed by atoms with van der Waals surface area (Å²) >= 11 is 0. The lowest BCUT2D eigenvalue weighted by Gasteiger charge is -2.56. The number of carbonyl (C=O) groups is 1. The van der Waals surface area contributed by atoms with Crippen LogP contribution in [-0.2, 0) is 4.74 Å². The molecule has 24 heavy (non-hydrogen) atoms. The lowest BCUT2D eigenvalue weighted by molar-refractivity contribution is -0.207. The monoisotopic (exact) mass is 328 g/mol. The third-order valence-corrected chi connectivity index (χ3v) is 5.92. The first kappa shape index (κ1) is 15.7. The summed E-state index contributed by atoms with van der Waals surface area (Å²) in [5.41, 5.74) is 1.59. The van der Waals surface area contributed by atoms with Gasteiger partial charge in [0.05, 0.1) is 12.2 Å². The Kier molecular flexibility index (Phi) is 3.85. The quantitative estimate of drug-likeness (QED) is 0.910. The zero-order chi connectivity index (χ0) is 16.7. The number of H-pyrrole nitrogens is 1. The minimum atomic E-state index is -0.292. The van der Waals surface area contributed by atoms with Gasteiger partial charge in [0.1, 0.15) is 0 Å². The molecule has 2 fully saturated rings. The van der Waals surface area contributed by atoms with Crippen LogP contribution in [0.2, 0.25) is 0 Å². The van der Waals surface area contributed by atoms with Gasteiger partial charge < -0.3 is 19.7 Å². The number of nitrogens with zero attached hydrogens (tertiary/aromatic N) is 1. The van der Waals surface area contributed by atoms with Crippen molar-refractivity contribution in [2.45, 2.75) is 38.4 Å². The standard InChI is InChI=1S/C19H24N2O3/c1-2-24-17-12-16(22)19(17)7-10-21(11-8-19)18(23)14-4-3-5-15-13(14)6-9-20-15/h3-6,9,16-17,20,22H,2,7-8,10-12H2,1H3. The second-order valence-electron chi connectivity index (χ2n) is 6.97. The van der Waals surface area contributed by atoms with E-state index in [-0.39, 0.29) is 23.5 Å². The second kappa shape index (κ2) is 5.90. The molecule has 1 aliphatic carbocycles. The fraction of sp³-hybridized carbons (Fsp3) is 0.526. The number of likely N-dealkylation sites (tertiary alicyclic amines) is 1. The maximum Gasteiger partial charge on any atom is 0.254 e.